The van der Waals surface area contributed by atoms with Crippen LogP contribution in [-0.4, -0.2) is 30.8 Å². The number of sulfonamides is 1. The van der Waals surface area contributed by atoms with E-state index in [-0.39, 0.29) is 10.9 Å². The Labute approximate surface area is 198 Å². The molecule has 9 heteroatoms. The van der Waals surface area contributed by atoms with Gasteiger partial charge in [-0.15, -0.1) is 0 Å². The van der Waals surface area contributed by atoms with Crippen molar-refractivity contribution in [1.82, 2.24) is 15.1 Å². The number of nitrogens with zero attached hydrogens (tertiary/aromatic N) is 2. The van der Waals surface area contributed by atoms with Gasteiger partial charge in [0.15, 0.2) is 0 Å². The molecule has 0 radical (unpaired) electrons. The average Bonchev–Trinajstić information content (AvgIpc) is 3.23. The molecular weight excluding hydrogens is 450 g/mol. The highest BCUT2D eigenvalue weighted by Gasteiger charge is 2.14. The summed E-state index contributed by atoms with van der Waals surface area (Å²) < 4.78 is 24.9. The van der Waals surface area contributed by atoms with E-state index in [2.05, 4.69) is 10.6 Å². The number of nitrogens with one attached hydrogen (secondary N) is 2. The molecule has 0 spiro atoms. The molecule has 174 valence electrons. The molecule has 8 nitrogen and oxygen atoms in total. The fraction of sp³-hybridized carbons (Fsp3) is 0.120. The molecule has 3 aromatic carbocycles. The summed E-state index contributed by atoms with van der Waals surface area (Å²) in [4.78, 5) is 12.3. The maximum atomic E-state index is 12.2. The number of anilines is 1. The lowest BCUT2D eigenvalue weighted by Crippen LogP contribution is -2.30. The molecule has 0 bridgehead atoms. The van der Waals surface area contributed by atoms with Gasteiger partial charge in [-0.3, -0.25) is 0 Å². The smallest absolute Gasteiger partial charge is 0.319 e. The van der Waals surface area contributed by atoms with Crippen LogP contribution < -0.4 is 15.8 Å². The number of aromatic nitrogens is 2. The van der Waals surface area contributed by atoms with Crippen molar-refractivity contribution in [3.8, 4) is 16.9 Å². The third-order valence-corrected chi connectivity index (χ3v) is 6.11. The predicted molar refractivity (Wildman–Crippen MR) is 132 cm³/mol. The van der Waals surface area contributed by atoms with Gasteiger partial charge < -0.3 is 10.6 Å². The van der Waals surface area contributed by atoms with E-state index in [1.165, 1.54) is 12.1 Å². The van der Waals surface area contributed by atoms with E-state index in [9.17, 15) is 13.2 Å². The Morgan fingerprint density at radius 2 is 1.71 bits per heavy atom. The number of urea groups is 1. The van der Waals surface area contributed by atoms with Gasteiger partial charge in [-0.2, -0.15) is 5.10 Å². The summed E-state index contributed by atoms with van der Waals surface area (Å²) >= 11 is 0. The molecule has 0 aliphatic rings. The van der Waals surface area contributed by atoms with Crippen molar-refractivity contribution in [2.75, 3.05) is 11.9 Å². The minimum absolute atomic E-state index is 0.0358. The molecule has 4 N–H and O–H groups in total. The monoisotopic (exact) mass is 475 g/mol. The quantitative estimate of drug-likeness (QED) is 0.376. The highest BCUT2D eigenvalue weighted by atomic mass is 32.2. The molecule has 4 aromatic rings. The van der Waals surface area contributed by atoms with Crippen molar-refractivity contribution in [2.24, 2.45) is 5.14 Å². The lowest BCUT2D eigenvalue weighted by Gasteiger charge is -2.08. The Morgan fingerprint density at radius 3 is 2.38 bits per heavy atom. The number of aryl methyl sites for hydroxylation is 1. The molecule has 1 heterocycles. The van der Waals surface area contributed by atoms with Gasteiger partial charge in [-0.1, -0.05) is 42.5 Å². The number of nitrogens with two attached hydrogens (primary N) is 1. The average molecular weight is 476 g/mol. The summed E-state index contributed by atoms with van der Waals surface area (Å²) in [5, 5.41) is 15.6. The van der Waals surface area contributed by atoms with E-state index in [1.807, 2.05) is 67.6 Å². The van der Waals surface area contributed by atoms with Crippen LogP contribution in [0.4, 0.5) is 10.5 Å². The summed E-state index contributed by atoms with van der Waals surface area (Å²) in [6, 6.07) is 25.3. The van der Waals surface area contributed by atoms with E-state index in [1.54, 1.807) is 16.8 Å². The molecule has 4 rings (SSSR count). The fourth-order valence-corrected chi connectivity index (χ4v) is 4.06. The van der Waals surface area contributed by atoms with Crippen molar-refractivity contribution in [3.63, 3.8) is 0 Å². The second-order valence-corrected chi connectivity index (χ2v) is 9.40. The molecule has 0 aliphatic heterocycles. The van der Waals surface area contributed by atoms with Gasteiger partial charge in [0.05, 0.1) is 22.0 Å². The lowest BCUT2D eigenvalue weighted by molar-refractivity contribution is 0.252. The van der Waals surface area contributed by atoms with Crippen LogP contribution in [0, 0.1) is 6.92 Å². The number of amides is 2. The Bertz CT molecular complexity index is 1400. The summed E-state index contributed by atoms with van der Waals surface area (Å²) in [7, 11) is -3.78. The number of primary sulfonamides is 1. The van der Waals surface area contributed by atoms with Gasteiger partial charge in [0.1, 0.15) is 0 Å². The zero-order chi connectivity index (χ0) is 24.1. The number of rotatable bonds is 7. The zero-order valence-corrected chi connectivity index (χ0v) is 19.4. The van der Waals surface area contributed by atoms with Crippen molar-refractivity contribution in [1.29, 1.82) is 0 Å². The Balaban J connectivity index is 1.51. The number of benzene rings is 3. The van der Waals surface area contributed by atoms with Crippen LogP contribution in [0.15, 0.2) is 89.8 Å². The Kier molecular flexibility index (Phi) is 6.76. The third-order valence-electron chi connectivity index (χ3n) is 5.18. The van der Waals surface area contributed by atoms with Crippen LogP contribution >= 0.6 is 0 Å². The topological polar surface area (TPSA) is 119 Å². The first-order chi connectivity index (χ1) is 16.3. The molecule has 0 atom stereocenters. The molecule has 0 unspecified atom stereocenters. The van der Waals surface area contributed by atoms with Crippen LogP contribution in [0.3, 0.4) is 0 Å². The van der Waals surface area contributed by atoms with E-state index >= 15 is 0 Å². The van der Waals surface area contributed by atoms with Crippen LogP contribution in [0.5, 0.6) is 0 Å². The summed E-state index contributed by atoms with van der Waals surface area (Å²) in [6.07, 6.45) is 0.517. The van der Waals surface area contributed by atoms with Gasteiger partial charge in [0.25, 0.3) is 0 Å². The first kappa shape index (κ1) is 23.2. The Morgan fingerprint density at radius 1 is 0.971 bits per heavy atom. The maximum Gasteiger partial charge on any atom is 0.319 e. The molecule has 34 heavy (non-hydrogen) atoms. The SMILES string of the molecule is Cc1cccc(NC(=O)NCCc2cc(-c3ccccc3)n(-c3ccc(S(N)(=O)=O)cc3)n2)c1. The molecule has 0 saturated heterocycles. The number of hydrogen-bond donors (Lipinski definition) is 3. The van der Waals surface area contributed by atoms with E-state index in [4.69, 9.17) is 10.2 Å². The minimum atomic E-state index is -3.78. The van der Waals surface area contributed by atoms with E-state index in [0.717, 1.165) is 28.2 Å². The Hall–Kier alpha value is -3.95. The minimum Gasteiger partial charge on any atom is -0.337 e. The summed E-state index contributed by atoms with van der Waals surface area (Å²) in [6.45, 7) is 2.36. The van der Waals surface area contributed by atoms with Crippen LogP contribution in [0.2, 0.25) is 0 Å². The summed E-state index contributed by atoms with van der Waals surface area (Å²) in [5.41, 5.74) is 5.09. The van der Waals surface area contributed by atoms with Gasteiger partial charge in [-0.25, -0.2) is 23.0 Å². The van der Waals surface area contributed by atoms with Crippen LogP contribution in [0.1, 0.15) is 11.3 Å². The highest BCUT2D eigenvalue weighted by molar-refractivity contribution is 7.89. The standard InChI is InChI=1S/C25H25N5O3S/c1-18-6-5-9-20(16-18)28-25(31)27-15-14-21-17-24(19-7-3-2-4-8-19)30(29-21)22-10-12-23(13-11-22)34(26,32)33/h2-13,16-17H,14-15H2,1H3,(H2,26,32,33)(H2,27,28,31). The predicted octanol–water partition coefficient (Wildman–Crippen LogP) is 3.86. The molecule has 1 aromatic heterocycles. The van der Waals surface area contributed by atoms with E-state index in [0.29, 0.717) is 18.7 Å². The number of carbonyl (C=O) groups is 1. The second-order valence-electron chi connectivity index (χ2n) is 7.84. The summed E-state index contributed by atoms with van der Waals surface area (Å²) in [5.74, 6) is 0. The number of carbonyl (C=O) groups excluding carboxylic acids is 1. The van der Waals surface area contributed by atoms with Gasteiger partial charge in [0, 0.05) is 24.2 Å². The van der Waals surface area contributed by atoms with Crippen molar-refractivity contribution < 1.29 is 13.2 Å². The number of hydrogen-bond acceptors (Lipinski definition) is 4. The normalized spacial score (nSPS) is 11.2. The van der Waals surface area contributed by atoms with Crippen molar-refractivity contribution >= 4 is 21.7 Å². The van der Waals surface area contributed by atoms with Crippen molar-refractivity contribution in [3.05, 3.63) is 96.2 Å². The fourth-order valence-electron chi connectivity index (χ4n) is 3.54. The molecule has 2 amide bonds. The molecular formula is C25H25N5O3S. The first-order valence-corrected chi connectivity index (χ1v) is 12.2. The van der Waals surface area contributed by atoms with E-state index < -0.39 is 10.0 Å². The molecule has 0 fully saturated rings. The molecule has 0 saturated carbocycles. The first-order valence-electron chi connectivity index (χ1n) is 10.7. The van der Waals surface area contributed by atoms with Gasteiger partial charge in [-0.05, 0) is 55.0 Å². The van der Waals surface area contributed by atoms with Gasteiger partial charge in [0.2, 0.25) is 10.0 Å². The van der Waals surface area contributed by atoms with Crippen molar-refractivity contribution in [2.45, 2.75) is 18.2 Å². The molecule has 0 aliphatic carbocycles. The zero-order valence-electron chi connectivity index (χ0n) is 18.6. The second kappa shape index (κ2) is 9.90. The largest absolute Gasteiger partial charge is 0.337 e. The third kappa shape index (κ3) is 5.69. The van der Waals surface area contributed by atoms with Gasteiger partial charge >= 0.3 is 6.03 Å². The maximum absolute atomic E-state index is 12.2. The van der Waals surface area contributed by atoms with Crippen LogP contribution in [-0.2, 0) is 16.4 Å². The highest BCUT2D eigenvalue weighted by Crippen LogP contribution is 2.25. The lowest BCUT2D eigenvalue weighted by atomic mass is 10.1. The van der Waals surface area contributed by atoms with Crippen LogP contribution in [0.25, 0.3) is 16.9 Å².